The number of aromatic nitrogens is 1. The van der Waals surface area contributed by atoms with E-state index in [1.165, 1.54) is 0 Å². The first-order valence-electron chi connectivity index (χ1n) is 8.41. The Kier molecular flexibility index (Phi) is 9.62. The smallest absolute Gasteiger partial charge is 0.251 e. The molecule has 1 aliphatic heterocycles. The van der Waals surface area contributed by atoms with Crippen molar-refractivity contribution in [3.8, 4) is 0 Å². The normalized spacial score (nSPS) is 17.0. The number of aliphatic imine (C=N–C) groups is 1. The fourth-order valence-corrected chi connectivity index (χ4v) is 2.70. The molecule has 2 heterocycles. The van der Waals surface area contributed by atoms with Crippen LogP contribution in [0.3, 0.4) is 0 Å². The van der Waals surface area contributed by atoms with Crippen LogP contribution in [0.15, 0.2) is 15.6 Å². The second-order valence-electron chi connectivity index (χ2n) is 6.41. The van der Waals surface area contributed by atoms with Gasteiger partial charge in [-0.05, 0) is 18.8 Å². The molecule has 0 radical (unpaired) electrons. The minimum atomic E-state index is -2.26. The van der Waals surface area contributed by atoms with Crippen molar-refractivity contribution in [2.45, 2.75) is 51.6 Å². The molecule has 0 spiro atoms. The number of alkyl halides is 2. The van der Waals surface area contributed by atoms with Gasteiger partial charge in [-0.2, -0.15) is 0 Å². The Hall–Kier alpha value is -0.970. The van der Waals surface area contributed by atoms with Crippen molar-refractivity contribution in [2.75, 3.05) is 26.7 Å². The molecule has 0 amide bonds. The summed E-state index contributed by atoms with van der Waals surface area (Å²) in [5, 5.41) is 10.6. The number of guanidine groups is 1. The van der Waals surface area contributed by atoms with E-state index in [0.29, 0.717) is 31.5 Å². The lowest BCUT2D eigenvalue weighted by atomic mass is 10.1. The van der Waals surface area contributed by atoms with E-state index in [1.54, 1.807) is 11.9 Å². The molecule has 6 nitrogen and oxygen atoms in total. The van der Waals surface area contributed by atoms with E-state index in [-0.39, 0.29) is 36.6 Å². The van der Waals surface area contributed by atoms with Gasteiger partial charge in [0.2, 0.25) is 0 Å². The molecule has 0 unspecified atom stereocenters. The van der Waals surface area contributed by atoms with E-state index < -0.39 is 6.43 Å². The first-order valence-corrected chi connectivity index (χ1v) is 8.41. The molecule has 0 saturated carbocycles. The molecular weight excluding hydrogens is 443 g/mol. The summed E-state index contributed by atoms with van der Waals surface area (Å²) in [5.41, 5.74) is 0.932. The quantitative estimate of drug-likeness (QED) is 0.380. The third-order valence-corrected chi connectivity index (χ3v) is 4.15. The van der Waals surface area contributed by atoms with Gasteiger partial charge in [-0.3, -0.25) is 9.89 Å². The van der Waals surface area contributed by atoms with Crippen LogP contribution in [-0.2, 0) is 6.54 Å². The van der Waals surface area contributed by atoms with Crippen LogP contribution in [0.5, 0.6) is 0 Å². The third kappa shape index (κ3) is 7.43. The Morgan fingerprint density at radius 3 is 2.60 bits per heavy atom. The molecule has 0 atom stereocenters. The summed E-state index contributed by atoms with van der Waals surface area (Å²) in [5.74, 6) is 1.77. The molecular formula is C16H28F2IN5O. The topological polar surface area (TPSA) is 65.7 Å². The number of nitrogens with zero attached hydrogens (tertiary/aromatic N) is 3. The highest BCUT2D eigenvalue weighted by atomic mass is 127. The van der Waals surface area contributed by atoms with E-state index >= 15 is 0 Å². The molecule has 1 aromatic heterocycles. The summed E-state index contributed by atoms with van der Waals surface area (Å²) in [6, 6.07) is 2.18. The van der Waals surface area contributed by atoms with Gasteiger partial charge in [0.25, 0.3) is 6.43 Å². The summed E-state index contributed by atoms with van der Waals surface area (Å²) in [6.45, 7) is 5.86. The molecule has 2 rings (SSSR count). The van der Waals surface area contributed by atoms with Crippen molar-refractivity contribution in [2.24, 2.45) is 4.99 Å². The average Bonchev–Trinajstić information content (AvgIpc) is 3.02. The van der Waals surface area contributed by atoms with E-state index in [0.717, 1.165) is 24.3 Å². The molecule has 2 N–H and O–H groups in total. The minimum Gasteiger partial charge on any atom is -0.359 e. The van der Waals surface area contributed by atoms with Crippen LogP contribution in [0.1, 0.15) is 44.1 Å². The van der Waals surface area contributed by atoms with Crippen LogP contribution in [0, 0.1) is 0 Å². The summed E-state index contributed by atoms with van der Waals surface area (Å²) in [7, 11) is 1.71. The van der Waals surface area contributed by atoms with Crippen molar-refractivity contribution in [1.29, 1.82) is 0 Å². The third-order valence-electron chi connectivity index (χ3n) is 4.15. The second kappa shape index (κ2) is 10.9. The largest absolute Gasteiger partial charge is 0.359 e. The van der Waals surface area contributed by atoms with E-state index in [1.807, 2.05) is 6.07 Å². The zero-order chi connectivity index (χ0) is 17.5. The van der Waals surface area contributed by atoms with Crippen molar-refractivity contribution in [3.63, 3.8) is 0 Å². The lowest BCUT2D eigenvalue weighted by Crippen LogP contribution is -2.49. The maximum Gasteiger partial charge on any atom is 0.251 e. The highest BCUT2D eigenvalue weighted by Gasteiger charge is 2.22. The molecule has 1 aliphatic rings. The predicted molar refractivity (Wildman–Crippen MR) is 105 cm³/mol. The number of hydrogen-bond donors (Lipinski definition) is 2. The Labute approximate surface area is 164 Å². The number of halogens is 3. The second-order valence-corrected chi connectivity index (χ2v) is 6.41. The standard InChI is InChI=1S/C16H27F2N5O.HI/c1-11(2)14-8-13(24-22-14)9-20-16(19-3)21-12-4-6-23(7-5-12)10-15(17)18;/h8,11-12,15H,4-7,9-10H2,1-3H3,(H2,19,20,21);1H. The van der Waals surface area contributed by atoms with Crippen LogP contribution >= 0.6 is 24.0 Å². The van der Waals surface area contributed by atoms with Crippen molar-refractivity contribution < 1.29 is 13.3 Å². The fraction of sp³-hybridized carbons (Fsp3) is 0.750. The lowest BCUT2D eigenvalue weighted by molar-refractivity contribution is 0.0744. The molecule has 0 aromatic carbocycles. The maximum atomic E-state index is 12.4. The molecule has 0 bridgehead atoms. The molecule has 144 valence electrons. The lowest BCUT2D eigenvalue weighted by Gasteiger charge is -2.32. The fourth-order valence-electron chi connectivity index (χ4n) is 2.70. The number of likely N-dealkylation sites (tertiary alicyclic amines) is 1. The molecule has 1 fully saturated rings. The van der Waals surface area contributed by atoms with E-state index in [4.69, 9.17) is 4.52 Å². The summed E-state index contributed by atoms with van der Waals surface area (Å²) < 4.78 is 30.1. The van der Waals surface area contributed by atoms with E-state index in [2.05, 4.69) is 34.6 Å². The SMILES string of the molecule is CN=C(NCc1cc(C(C)C)no1)NC1CCN(CC(F)F)CC1.I. The Balaban J connectivity index is 0.00000312. The zero-order valence-corrected chi connectivity index (χ0v) is 17.3. The van der Waals surface area contributed by atoms with Gasteiger partial charge in [0.15, 0.2) is 11.7 Å². The van der Waals surface area contributed by atoms with Gasteiger partial charge in [0.05, 0.1) is 18.8 Å². The minimum absolute atomic E-state index is 0. The highest BCUT2D eigenvalue weighted by molar-refractivity contribution is 14.0. The van der Waals surface area contributed by atoms with Gasteiger partial charge in [-0.15, -0.1) is 24.0 Å². The van der Waals surface area contributed by atoms with Gasteiger partial charge in [0.1, 0.15) is 0 Å². The average molecular weight is 471 g/mol. The number of hydrogen-bond acceptors (Lipinski definition) is 4. The Bertz CT molecular complexity index is 530. The van der Waals surface area contributed by atoms with Gasteiger partial charge in [0, 0.05) is 32.2 Å². The number of piperidine rings is 1. The predicted octanol–water partition coefficient (Wildman–Crippen LogP) is 2.81. The van der Waals surface area contributed by atoms with Gasteiger partial charge in [-0.25, -0.2) is 8.78 Å². The Morgan fingerprint density at radius 2 is 2.08 bits per heavy atom. The molecule has 9 heteroatoms. The molecule has 1 aromatic rings. The molecule has 1 saturated heterocycles. The first kappa shape index (κ1) is 22.1. The highest BCUT2D eigenvalue weighted by Crippen LogP contribution is 2.14. The van der Waals surface area contributed by atoms with Crippen LogP contribution in [0.4, 0.5) is 8.78 Å². The van der Waals surface area contributed by atoms with Gasteiger partial charge >= 0.3 is 0 Å². The summed E-state index contributed by atoms with van der Waals surface area (Å²) in [6.07, 6.45) is -0.609. The van der Waals surface area contributed by atoms with Crippen molar-refractivity contribution in [1.82, 2.24) is 20.7 Å². The molecule has 25 heavy (non-hydrogen) atoms. The van der Waals surface area contributed by atoms with Crippen LogP contribution in [0.25, 0.3) is 0 Å². The number of rotatable bonds is 6. The molecule has 0 aliphatic carbocycles. The monoisotopic (exact) mass is 471 g/mol. The Morgan fingerprint density at radius 1 is 1.40 bits per heavy atom. The maximum absolute atomic E-state index is 12.4. The van der Waals surface area contributed by atoms with Crippen molar-refractivity contribution >= 4 is 29.9 Å². The number of nitrogens with one attached hydrogen (secondary N) is 2. The zero-order valence-electron chi connectivity index (χ0n) is 15.0. The first-order chi connectivity index (χ1) is 11.5. The van der Waals surface area contributed by atoms with E-state index in [9.17, 15) is 8.78 Å². The van der Waals surface area contributed by atoms with Gasteiger partial charge < -0.3 is 15.2 Å². The summed E-state index contributed by atoms with van der Waals surface area (Å²) >= 11 is 0. The van der Waals surface area contributed by atoms with Crippen LogP contribution < -0.4 is 10.6 Å². The van der Waals surface area contributed by atoms with Crippen LogP contribution in [-0.4, -0.2) is 55.2 Å². The van der Waals surface area contributed by atoms with Crippen molar-refractivity contribution in [3.05, 3.63) is 17.5 Å². The van der Waals surface area contributed by atoms with Gasteiger partial charge in [-0.1, -0.05) is 19.0 Å². The van der Waals surface area contributed by atoms with Crippen LogP contribution in [0.2, 0.25) is 0 Å². The summed E-state index contributed by atoms with van der Waals surface area (Å²) in [4.78, 5) is 6.01.